The Hall–Kier alpha value is -0.0500. The van der Waals surface area contributed by atoms with Crippen LogP contribution in [0.15, 0.2) is 0 Å². The highest BCUT2D eigenvalue weighted by atomic mass is 32.2. The molecule has 1 unspecified atom stereocenters. The lowest BCUT2D eigenvalue weighted by Crippen LogP contribution is -2.55. The topological polar surface area (TPSA) is 34.1 Å². The Kier molecular flexibility index (Phi) is 2.05. The summed E-state index contributed by atoms with van der Waals surface area (Å²) in [5.74, 6) is 1.62. The lowest BCUT2D eigenvalue weighted by Gasteiger charge is -2.49. The lowest BCUT2D eigenvalue weighted by atomic mass is 9.65. The summed E-state index contributed by atoms with van der Waals surface area (Å²) in [6.07, 6.45) is 3.53. The van der Waals surface area contributed by atoms with Crippen LogP contribution in [0.5, 0.6) is 0 Å². The molecule has 0 amide bonds. The van der Waals surface area contributed by atoms with Crippen LogP contribution in [0, 0.1) is 16.7 Å². The molecule has 2 rings (SSSR count). The van der Waals surface area contributed by atoms with Crippen LogP contribution >= 0.6 is 0 Å². The minimum absolute atomic E-state index is 0.131. The second kappa shape index (κ2) is 2.75. The summed E-state index contributed by atoms with van der Waals surface area (Å²) in [5, 5.41) is 0. The van der Waals surface area contributed by atoms with Crippen LogP contribution in [-0.2, 0) is 9.84 Å². The maximum atomic E-state index is 11.3. The summed E-state index contributed by atoms with van der Waals surface area (Å²) in [5.41, 5.74) is 0.361. The quantitative estimate of drug-likeness (QED) is 0.673. The van der Waals surface area contributed by atoms with E-state index in [0.717, 1.165) is 12.3 Å². The Morgan fingerprint density at radius 3 is 2.21 bits per heavy atom. The molecule has 0 bridgehead atoms. The fourth-order valence-corrected chi connectivity index (χ4v) is 6.23. The fraction of sp³-hybridized carbons (Fsp3) is 1.00. The Morgan fingerprint density at radius 2 is 1.86 bits per heavy atom. The summed E-state index contributed by atoms with van der Waals surface area (Å²) in [7, 11) is -2.68. The van der Waals surface area contributed by atoms with Crippen molar-refractivity contribution in [3.63, 3.8) is 0 Å². The predicted molar refractivity (Wildman–Crippen MR) is 57.9 cm³/mol. The maximum Gasteiger partial charge on any atom is 0.151 e. The van der Waals surface area contributed by atoms with Crippen LogP contribution in [0.4, 0.5) is 0 Å². The SMILES string of the molecule is CCC1CCC2(CS(=O)(=O)C2)C1(C)C. The highest BCUT2D eigenvalue weighted by Gasteiger charge is 2.62. The monoisotopic (exact) mass is 216 g/mol. The molecule has 14 heavy (non-hydrogen) atoms. The molecular weight excluding hydrogens is 196 g/mol. The van der Waals surface area contributed by atoms with Crippen LogP contribution in [0.2, 0.25) is 0 Å². The average Bonchev–Trinajstić information content (AvgIpc) is 2.22. The van der Waals surface area contributed by atoms with Crippen molar-refractivity contribution in [1.82, 2.24) is 0 Å². The van der Waals surface area contributed by atoms with Gasteiger partial charge in [-0.2, -0.15) is 0 Å². The van der Waals surface area contributed by atoms with Crippen LogP contribution in [0.3, 0.4) is 0 Å². The molecule has 0 aromatic rings. The highest BCUT2D eigenvalue weighted by Crippen LogP contribution is 2.61. The molecule has 3 heteroatoms. The van der Waals surface area contributed by atoms with Gasteiger partial charge < -0.3 is 0 Å². The van der Waals surface area contributed by atoms with Crippen LogP contribution in [0.1, 0.15) is 40.0 Å². The molecule has 0 aromatic carbocycles. The van der Waals surface area contributed by atoms with E-state index >= 15 is 0 Å². The molecule has 2 nitrogen and oxygen atoms in total. The molecule has 0 radical (unpaired) electrons. The molecule has 0 aromatic heterocycles. The average molecular weight is 216 g/mol. The van der Waals surface area contributed by atoms with Gasteiger partial charge in [0.05, 0.1) is 11.5 Å². The molecule has 1 aliphatic heterocycles. The van der Waals surface area contributed by atoms with E-state index < -0.39 is 9.84 Å². The van der Waals surface area contributed by atoms with Gasteiger partial charge in [-0.25, -0.2) is 8.42 Å². The molecule has 1 aliphatic carbocycles. The largest absolute Gasteiger partial charge is 0.229 e. The standard InChI is InChI=1S/C11H20O2S/c1-4-9-5-6-11(10(9,2)3)7-14(12,13)8-11/h9H,4-8H2,1-3H3. The number of hydrogen-bond acceptors (Lipinski definition) is 2. The first-order chi connectivity index (χ1) is 6.33. The lowest BCUT2D eigenvalue weighted by molar-refractivity contribution is 0.0963. The minimum Gasteiger partial charge on any atom is -0.229 e. The molecule has 1 heterocycles. The zero-order valence-corrected chi connectivity index (χ0v) is 10.2. The van der Waals surface area contributed by atoms with E-state index in [-0.39, 0.29) is 10.8 Å². The summed E-state index contributed by atoms with van der Waals surface area (Å²) in [4.78, 5) is 0. The first kappa shape index (κ1) is 10.5. The summed E-state index contributed by atoms with van der Waals surface area (Å²) in [6.45, 7) is 6.75. The van der Waals surface area contributed by atoms with Crippen LogP contribution < -0.4 is 0 Å². The second-order valence-electron chi connectivity index (χ2n) is 5.68. The number of rotatable bonds is 1. The van der Waals surface area contributed by atoms with Crippen molar-refractivity contribution in [2.24, 2.45) is 16.7 Å². The smallest absolute Gasteiger partial charge is 0.151 e. The van der Waals surface area contributed by atoms with Gasteiger partial charge in [-0.3, -0.25) is 0 Å². The first-order valence-electron chi connectivity index (χ1n) is 5.53. The van der Waals surface area contributed by atoms with Crippen molar-refractivity contribution in [2.45, 2.75) is 40.0 Å². The molecule has 2 fully saturated rings. The Balaban J connectivity index is 2.25. The predicted octanol–water partition coefficient (Wildman–Crippen LogP) is 2.25. The van der Waals surface area contributed by atoms with E-state index in [0.29, 0.717) is 11.5 Å². The molecule has 1 saturated heterocycles. The molecule has 2 aliphatic rings. The van der Waals surface area contributed by atoms with Crippen molar-refractivity contribution < 1.29 is 8.42 Å². The van der Waals surface area contributed by atoms with Crippen molar-refractivity contribution in [3.8, 4) is 0 Å². The normalized spacial score (nSPS) is 36.9. The van der Waals surface area contributed by atoms with E-state index in [1.807, 2.05) is 0 Å². The van der Waals surface area contributed by atoms with E-state index in [9.17, 15) is 8.42 Å². The summed E-state index contributed by atoms with van der Waals surface area (Å²) >= 11 is 0. The minimum atomic E-state index is -2.68. The molecule has 0 N–H and O–H groups in total. The van der Waals surface area contributed by atoms with Crippen molar-refractivity contribution in [2.75, 3.05) is 11.5 Å². The van der Waals surface area contributed by atoms with E-state index in [1.54, 1.807) is 0 Å². The summed E-state index contributed by atoms with van der Waals surface area (Å²) < 4.78 is 22.7. The molecule has 82 valence electrons. The maximum absolute atomic E-state index is 11.3. The van der Waals surface area contributed by atoms with Crippen LogP contribution in [0.25, 0.3) is 0 Å². The Labute approximate surface area is 87.0 Å². The van der Waals surface area contributed by atoms with Gasteiger partial charge in [0.1, 0.15) is 0 Å². The Bertz CT molecular complexity index is 328. The second-order valence-corrected chi connectivity index (χ2v) is 7.74. The highest BCUT2D eigenvalue weighted by molar-refractivity contribution is 7.92. The molecule has 1 saturated carbocycles. The fourth-order valence-electron chi connectivity index (χ4n) is 3.60. The van der Waals surface area contributed by atoms with Crippen LogP contribution in [-0.4, -0.2) is 19.9 Å². The number of sulfone groups is 1. The molecule has 1 spiro atoms. The first-order valence-corrected chi connectivity index (χ1v) is 7.35. The van der Waals surface area contributed by atoms with Gasteiger partial charge in [-0.05, 0) is 24.2 Å². The zero-order chi connectivity index (χ0) is 10.6. The van der Waals surface area contributed by atoms with Crippen molar-refractivity contribution >= 4 is 9.84 Å². The van der Waals surface area contributed by atoms with E-state index in [2.05, 4.69) is 20.8 Å². The zero-order valence-electron chi connectivity index (χ0n) is 9.34. The summed E-state index contributed by atoms with van der Waals surface area (Å²) in [6, 6.07) is 0. The van der Waals surface area contributed by atoms with Gasteiger partial charge in [0.2, 0.25) is 0 Å². The third-order valence-electron chi connectivity index (χ3n) is 4.84. The van der Waals surface area contributed by atoms with Gasteiger partial charge in [0, 0.05) is 5.41 Å². The third-order valence-corrected chi connectivity index (χ3v) is 6.83. The van der Waals surface area contributed by atoms with E-state index in [4.69, 9.17) is 0 Å². The Morgan fingerprint density at radius 1 is 1.29 bits per heavy atom. The molecular formula is C11H20O2S. The van der Waals surface area contributed by atoms with Crippen molar-refractivity contribution in [1.29, 1.82) is 0 Å². The molecule has 1 atom stereocenters. The van der Waals surface area contributed by atoms with Gasteiger partial charge in [0.25, 0.3) is 0 Å². The third kappa shape index (κ3) is 1.17. The number of hydrogen-bond donors (Lipinski definition) is 0. The van der Waals surface area contributed by atoms with Gasteiger partial charge >= 0.3 is 0 Å². The van der Waals surface area contributed by atoms with Crippen molar-refractivity contribution in [3.05, 3.63) is 0 Å². The van der Waals surface area contributed by atoms with Gasteiger partial charge in [-0.1, -0.05) is 27.2 Å². The van der Waals surface area contributed by atoms with Gasteiger partial charge in [-0.15, -0.1) is 0 Å². The van der Waals surface area contributed by atoms with Gasteiger partial charge in [0.15, 0.2) is 9.84 Å². The van der Waals surface area contributed by atoms with E-state index in [1.165, 1.54) is 12.8 Å².